The minimum absolute atomic E-state index is 0.142. The summed E-state index contributed by atoms with van der Waals surface area (Å²) in [6.07, 6.45) is 2.22. The molecule has 1 aromatic rings. The molecule has 1 saturated heterocycles. The van der Waals surface area contributed by atoms with Crippen LogP contribution < -0.4 is 10.6 Å². The third-order valence-corrected chi connectivity index (χ3v) is 3.62. The smallest absolute Gasteiger partial charge is 0.319 e. The highest BCUT2D eigenvalue weighted by molar-refractivity contribution is 5.89. The molecule has 1 fully saturated rings. The highest BCUT2D eigenvalue weighted by Crippen LogP contribution is 2.18. The van der Waals surface area contributed by atoms with Crippen molar-refractivity contribution >= 4 is 11.7 Å². The Morgan fingerprint density at radius 3 is 3.00 bits per heavy atom. The van der Waals surface area contributed by atoms with Gasteiger partial charge in [-0.3, -0.25) is 0 Å². The standard InChI is InChI=1S/C16H24N2O2/c1-12(2)14-6-3-7-15(9-14)18-16(19)17-10-13-5-4-8-20-11-13/h3,6-7,9,12-13H,4-5,8,10-11H2,1-2H3,(H2,17,18,19)/t13-/m1/s1. The van der Waals surface area contributed by atoms with Crippen molar-refractivity contribution in [3.63, 3.8) is 0 Å². The molecule has 0 radical (unpaired) electrons. The predicted molar refractivity (Wildman–Crippen MR) is 81.1 cm³/mol. The Bertz CT molecular complexity index is 440. The van der Waals surface area contributed by atoms with E-state index in [1.54, 1.807) is 0 Å². The van der Waals surface area contributed by atoms with Gasteiger partial charge in [-0.1, -0.05) is 26.0 Å². The topological polar surface area (TPSA) is 50.4 Å². The van der Waals surface area contributed by atoms with Gasteiger partial charge in [-0.2, -0.15) is 0 Å². The van der Waals surface area contributed by atoms with E-state index < -0.39 is 0 Å². The Labute approximate surface area is 120 Å². The van der Waals surface area contributed by atoms with Crippen LogP contribution in [0.3, 0.4) is 0 Å². The molecule has 1 aromatic carbocycles. The van der Waals surface area contributed by atoms with Crippen molar-refractivity contribution in [3.8, 4) is 0 Å². The highest BCUT2D eigenvalue weighted by atomic mass is 16.5. The number of carbonyl (C=O) groups is 1. The number of ether oxygens (including phenoxy) is 1. The van der Waals surface area contributed by atoms with Crippen LogP contribution in [-0.4, -0.2) is 25.8 Å². The van der Waals surface area contributed by atoms with E-state index in [0.717, 1.165) is 31.7 Å². The van der Waals surface area contributed by atoms with Gasteiger partial charge in [0, 0.05) is 18.8 Å². The maximum Gasteiger partial charge on any atom is 0.319 e. The molecule has 0 aromatic heterocycles. The SMILES string of the molecule is CC(C)c1cccc(NC(=O)NC[C@H]2CCCOC2)c1. The summed E-state index contributed by atoms with van der Waals surface area (Å²) in [6.45, 7) is 6.56. The van der Waals surface area contributed by atoms with E-state index in [0.29, 0.717) is 18.4 Å². The van der Waals surface area contributed by atoms with Crippen LogP contribution in [0, 0.1) is 5.92 Å². The molecular weight excluding hydrogens is 252 g/mol. The minimum atomic E-state index is -0.142. The lowest BCUT2D eigenvalue weighted by Gasteiger charge is -2.22. The van der Waals surface area contributed by atoms with Crippen molar-refractivity contribution in [2.75, 3.05) is 25.1 Å². The van der Waals surface area contributed by atoms with E-state index in [9.17, 15) is 4.79 Å². The van der Waals surface area contributed by atoms with Gasteiger partial charge in [-0.25, -0.2) is 4.79 Å². The van der Waals surface area contributed by atoms with E-state index in [-0.39, 0.29) is 6.03 Å². The summed E-state index contributed by atoms with van der Waals surface area (Å²) in [5, 5.41) is 5.81. The molecule has 1 aliphatic rings. The summed E-state index contributed by atoms with van der Waals surface area (Å²) >= 11 is 0. The first-order valence-corrected chi connectivity index (χ1v) is 7.37. The third-order valence-electron chi connectivity index (χ3n) is 3.62. The van der Waals surface area contributed by atoms with Gasteiger partial charge in [-0.05, 0) is 42.4 Å². The van der Waals surface area contributed by atoms with Crippen LogP contribution in [0.2, 0.25) is 0 Å². The maximum atomic E-state index is 11.9. The molecule has 4 nitrogen and oxygen atoms in total. The zero-order valence-corrected chi connectivity index (χ0v) is 12.3. The summed E-state index contributed by atoms with van der Waals surface area (Å²) in [5.41, 5.74) is 2.07. The van der Waals surface area contributed by atoms with E-state index in [2.05, 4.69) is 30.5 Å². The number of benzene rings is 1. The normalized spacial score (nSPS) is 18.9. The Hall–Kier alpha value is -1.55. The molecule has 0 unspecified atom stereocenters. The summed E-state index contributed by atoms with van der Waals surface area (Å²) in [5.74, 6) is 0.899. The van der Waals surface area contributed by atoms with Crippen LogP contribution in [0.1, 0.15) is 38.2 Å². The second-order valence-electron chi connectivity index (χ2n) is 5.70. The van der Waals surface area contributed by atoms with Gasteiger partial charge in [0.2, 0.25) is 0 Å². The lowest BCUT2D eigenvalue weighted by Crippen LogP contribution is -2.35. The lowest BCUT2D eigenvalue weighted by atomic mass is 10.0. The fourth-order valence-electron chi connectivity index (χ4n) is 2.36. The molecule has 0 aliphatic carbocycles. The van der Waals surface area contributed by atoms with Crippen LogP contribution in [0.4, 0.5) is 10.5 Å². The lowest BCUT2D eigenvalue weighted by molar-refractivity contribution is 0.0559. The summed E-state index contributed by atoms with van der Waals surface area (Å²) < 4.78 is 5.40. The Morgan fingerprint density at radius 2 is 2.30 bits per heavy atom. The molecule has 0 spiro atoms. The number of amides is 2. The first kappa shape index (κ1) is 14.9. The molecule has 2 rings (SSSR count). The number of hydrogen-bond acceptors (Lipinski definition) is 2. The van der Waals surface area contributed by atoms with Crippen molar-refractivity contribution < 1.29 is 9.53 Å². The van der Waals surface area contributed by atoms with Crippen LogP contribution in [0.25, 0.3) is 0 Å². The predicted octanol–water partition coefficient (Wildman–Crippen LogP) is 3.36. The van der Waals surface area contributed by atoms with Crippen LogP contribution in [0.5, 0.6) is 0 Å². The summed E-state index contributed by atoms with van der Waals surface area (Å²) in [6, 6.07) is 7.84. The fourth-order valence-corrected chi connectivity index (χ4v) is 2.36. The Morgan fingerprint density at radius 1 is 1.45 bits per heavy atom. The molecule has 1 atom stereocenters. The fraction of sp³-hybridized carbons (Fsp3) is 0.562. The third kappa shape index (κ3) is 4.53. The largest absolute Gasteiger partial charge is 0.381 e. The van der Waals surface area contributed by atoms with Gasteiger partial charge in [0.15, 0.2) is 0 Å². The maximum absolute atomic E-state index is 11.9. The van der Waals surface area contributed by atoms with Gasteiger partial charge in [0.25, 0.3) is 0 Å². The molecular formula is C16H24N2O2. The molecule has 20 heavy (non-hydrogen) atoms. The highest BCUT2D eigenvalue weighted by Gasteiger charge is 2.14. The second-order valence-corrected chi connectivity index (χ2v) is 5.70. The van der Waals surface area contributed by atoms with Crippen molar-refractivity contribution in [3.05, 3.63) is 29.8 Å². The molecule has 4 heteroatoms. The number of anilines is 1. The van der Waals surface area contributed by atoms with E-state index in [1.165, 1.54) is 5.56 Å². The number of carbonyl (C=O) groups excluding carboxylic acids is 1. The monoisotopic (exact) mass is 276 g/mol. The van der Waals surface area contributed by atoms with Gasteiger partial charge in [-0.15, -0.1) is 0 Å². The van der Waals surface area contributed by atoms with Gasteiger partial charge in [0.1, 0.15) is 0 Å². The second kappa shape index (κ2) is 7.29. The average molecular weight is 276 g/mol. The number of hydrogen-bond donors (Lipinski definition) is 2. The van der Waals surface area contributed by atoms with Crippen molar-refractivity contribution in [1.29, 1.82) is 0 Å². The number of urea groups is 1. The van der Waals surface area contributed by atoms with Crippen molar-refractivity contribution in [1.82, 2.24) is 5.32 Å². The minimum Gasteiger partial charge on any atom is -0.381 e. The number of nitrogens with one attached hydrogen (secondary N) is 2. The van der Waals surface area contributed by atoms with E-state index in [1.807, 2.05) is 18.2 Å². The van der Waals surface area contributed by atoms with Crippen molar-refractivity contribution in [2.45, 2.75) is 32.6 Å². The number of rotatable bonds is 4. The average Bonchev–Trinajstić information content (AvgIpc) is 2.46. The van der Waals surface area contributed by atoms with Crippen LogP contribution >= 0.6 is 0 Å². The zero-order chi connectivity index (χ0) is 14.4. The Kier molecular flexibility index (Phi) is 5.41. The molecule has 2 amide bonds. The molecule has 110 valence electrons. The summed E-state index contributed by atoms with van der Waals surface area (Å²) in [4.78, 5) is 11.9. The van der Waals surface area contributed by atoms with Crippen LogP contribution in [0.15, 0.2) is 24.3 Å². The molecule has 1 aliphatic heterocycles. The molecule has 0 bridgehead atoms. The van der Waals surface area contributed by atoms with Crippen LogP contribution in [-0.2, 0) is 4.74 Å². The molecule has 2 N–H and O–H groups in total. The molecule has 0 saturated carbocycles. The van der Waals surface area contributed by atoms with E-state index in [4.69, 9.17) is 4.74 Å². The first-order valence-electron chi connectivity index (χ1n) is 7.37. The summed E-state index contributed by atoms with van der Waals surface area (Å²) in [7, 11) is 0. The quantitative estimate of drug-likeness (QED) is 0.886. The Balaban J connectivity index is 1.80. The van der Waals surface area contributed by atoms with Gasteiger partial charge >= 0.3 is 6.03 Å². The van der Waals surface area contributed by atoms with Crippen molar-refractivity contribution in [2.24, 2.45) is 5.92 Å². The van der Waals surface area contributed by atoms with Gasteiger partial charge < -0.3 is 15.4 Å². The molecule has 1 heterocycles. The van der Waals surface area contributed by atoms with E-state index >= 15 is 0 Å². The zero-order valence-electron chi connectivity index (χ0n) is 12.3. The van der Waals surface area contributed by atoms with Gasteiger partial charge in [0.05, 0.1) is 6.61 Å². The first-order chi connectivity index (χ1) is 9.65.